The predicted molar refractivity (Wildman–Crippen MR) is 53.0 cm³/mol. The molecule has 2 heterocycles. The zero-order chi connectivity index (χ0) is 11.2. The Morgan fingerprint density at radius 1 is 1.40 bits per heavy atom. The minimum Gasteiger partial charge on any atom is -0.475 e. The van der Waals surface area contributed by atoms with Crippen molar-refractivity contribution in [1.82, 2.24) is 19.5 Å². The summed E-state index contributed by atoms with van der Waals surface area (Å²) in [5.41, 5.74) is 1.44. The summed E-state index contributed by atoms with van der Waals surface area (Å²) in [5, 5.41) is 8.95. The molecule has 1 N–H and O–H groups in total. The van der Waals surface area contributed by atoms with Gasteiger partial charge < -0.3 is 9.67 Å². The number of rotatable bonds is 1. The number of hydrogen-bond acceptors (Lipinski definition) is 4. The van der Waals surface area contributed by atoms with Gasteiger partial charge in [0.25, 0.3) is 0 Å². The van der Waals surface area contributed by atoms with Crippen LogP contribution in [0.1, 0.15) is 16.3 Å². The Balaban J connectivity index is 2.88. The lowest BCUT2D eigenvalue weighted by Gasteiger charge is -1.97. The number of fused-ring (bicyclic) bond motifs is 1. The summed E-state index contributed by atoms with van der Waals surface area (Å²) in [6.45, 7) is 1.70. The van der Waals surface area contributed by atoms with Gasteiger partial charge >= 0.3 is 5.97 Å². The third-order valence-electron chi connectivity index (χ3n) is 2.06. The topological polar surface area (TPSA) is 80.9 Å². The lowest BCUT2D eigenvalue weighted by atomic mass is 10.4. The first-order valence-corrected chi connectivity index (χ1v) is 4.48. The standard InChI is InChI=1S/C8H7ClN4O2/c1-3-4-5(12-8(9)10-3)13(2)6(11-4)7(14)15/h1-2H3,(H,14,15). The van der Waals surface area contributed by atoms with Crippen LogP contribution in [0.15, 0.2) is 0 Å². The van der Waals surface area contributed by atoms with E-state index in [9.17, 15) is 4.79 Å². The first kappa shape index (κ1) is 9.85. The van der Waals surface area contributed by atoms with E-state index in [0.29, 0.717) is 16.9 Å². The lowest BCUT2D eigenvalue weighted by Crippen LogP contribution is -2.06. The quantitative estimate of drug-likeness (QED) is 0.735. The van der Waals surface area contributed by atoms with E-state index in [4.69, 9.17) is 16.7 Å². The Bertz CT molecular complexity index is 563. The summed E-state index contributed by atoms with van der Waals surface area (Å²) < 4.78 is 1.37. The summed E-state index contributed by atoms with van der Waals surface area (Å²) in [7, 11) is 1.57. The zero-order valence-electron chi connectivity index (χ0n) is 8.02. The van der Waals surface area contributed by atoms with E-state index >= 15 is 0 Å². The summed E-state index contributed by atoms with van der Waals surface area (Å²) >= 11 is 5.67. The molecule has 0 bridgehead atoms. The second-order valence-corrected chi connectivity index (χ2v) is 3.39. The van der Waals surface area contributed by atoms with Crippen LogP contribution in [0.5, 0.6) is 0 Å². The van der Waals surface area contributed by atoms with Crippen molar-refractivity contribution in [3.05, 3.63) is 16.8 Å². The SMILES string of the molecule is Cc1nc(Cl)nc2c1nc(C(=O)O)n2C. The first-order chi connectivity index (χ1) is 7.00. The monoisotopic (exact) mass is 226 g/mol. The smallest absolute Gasteiger partial charge is 0.372 e. The van der Waals surface area contributed by atoms with E-state index < -0.39 is 5.97 Å². The Labute approximate surface area is 89.5 Å². The van der Waals surface area contributed by atoms with Gasteiger partial charge in [-0.15, -0.1) is 0 Å². The van der Waals surface area contributed by atoms with E-state index in [1.54, 1.807) is 14.0 Å². The predicted octanol–water partition coefficient (Wildman–Crippen LogP) is 1.02. The molecule has 0 aromatic carbocycles. The number of halogens is 1. The van der Waals surface area contributed by atoms with Crippen LogP contribution in [0.2, 0.25) is 5.28 Å². The summed E-state index contributed by atoms with van der Waals surface area (Å²) in [6.07, 6.45) is 0. The molecule has 15 heavy (non-hydrogen) atoms. The van der Waals surface area contributed by atoms with Crippen molar-refractivity contribution in [2.75, 3.05) is 0 Å². The molecule has 2 rings (SSSR count). The normalized spacial score (nSPS) is 10.9. The first-order valence-electron chi connectivity index (χ1n) is 4.10. The maximum atomic E-state index is 10.8. The molecule has 0 saturated heterocycles. The van der Waals surface area contributed by atoms with Gasteiger partial charge in [-0.05, 0) is 18.5 Å². The molecule has 0 aliphatic carbocycles. The number of aromatic carboxylic acids is 1. The minimum absolute atomic E-state index is 0.0790. The molecule has 0 fully saturated rings. The molecular weight excluding hydrogens is 220 g/mol. The van der Waals surface area contributed by atoms with Crippen molar-refractivity contribution in [3.8, 4) is 0 Å². The summed E-state index contributed by atoms with van der Waals surface area (Å²) in [5.74, 6) is -1.18. The van der Waals surface area contributed by atoms with Crippen LogP contribution >= 0.6 is 11.6 Å². The molecule has 2 aromatic rings. The van der Waals surface area contributed by atoms with Crippen LogP contribution in [-0.2, 0) is 7.05 Å². The van der Waals surface area contributed by atoms with Gasteiger partial charge in [0.15, 0.2) is 5.65 Å². The van der Waals surface area contributed by atoms with Crippen molar-refractivity contribution in [2.24, 2.45) is 7.05 Å². The molecule has 78 valence electrons. The molecule has 0 spiro atoms. The highest BCUT2D eigenvalue weighted by Crippen LogP contribution is 2.17. The third-order valence-corrected chi connectivity index (χ3v) is 2.23. The van der Waals surface area contributed by atoms with Gasteiger partial charge in [0.2, 0.25) is 11.1 Å². The Morgan fingerprint density at radius 3 is 2.67 bits per heavy atom. The van der Waals surface area contributed by atoms with Gasteiger partial charge in [-0.1, -0.05) is 0 Å². The largest absolute Gasteiger partial charge is 0.475 e. The number of aromatic nitrogens is 4. The summed E-state index contributed by atoms with van der Waals surface area (Å²) in [4.78, 5) is 22.6. The van der Waals surface area contributed by atoms with Gasteiger partial charge in [-0.3, -0.25) is 0 Å². The zero-order valence-corrected chi connectivity index (χ0v) is 8.78. The van der Waals surface area contributed by atoms with Gasteiger partial charge in [0.1, 0.15) is 5.52 Å². The molecule has 0 atom stereocenters. The van der Waals surface area contributed by atoms with E-state index in [1.807, 2.05) is 0 Å². The van der Waals surface area contributed by atoms with E-state index in [1.165, 1.54) is 4.57 Å². The van der Waals surface area contributed by atoms with Gasteiger partial charge in [-0.25, -0.2) is 14.8 Å². The maximum absolute atomic E-state index is 10.8. The molecular formula is C8H7ClN4O2. The van der Waals surface area contributed by atoms with Crippen molar-refractivity contribution < 1.29 is 9.90 Å². The second kappa shape index (κ2) is 3.16. The second-order valence-electron chi connectivity index (χ2n) is 3.05. The van der Waals surface area contributed by atoms with Crippen molar-refractivity contribution in [1.29, 1.82) is 0 Å². The van der Waals surface area contributed by atoms with Crippen LogP contribution in [-0.4, -0.2) is 30.6 Å². The van der Waals surface area contributed by atoms with Crippen molar-refractivity contribution in [3.63, 3.8) is 0 Å². The fraction of sp³-hybridized carbons (Fsp3) is 0.250. The highest BCUT2D eigenvalue weighted by atomic mass is 35.5. The van der Waals surface area contributed by atoms with Crippen LogP contribution in [0.4, 0.5) is 0 Å². The van der Waals surface area contributed by atoms with Crippen molar-refractivity contribution >= 4 is 28.7 Å². The van der Waals surface area contributed by atoms with Crippen LogP contribution in [0.3, 0.4) is 0 Å². The molecule has 6 nitrogen and oxygen atoms in total. The number of aryl methyl sites for hydroxylation is 2. The van der Waals surface area contributed by atoms with E-state index in [2.05, 4.69) is 15.0 Å². The molecule has 2 aromatic heterocycles. The Kier molecular flexibility index (Phi) is 2.08. The minimum atomic E-state index is -1.11. The van der Waals surface area contributed by atoms with Crippen LogP contribution in [0.25, 0.3) is 11.2 Å². The van der Waals surface area contributed by atoms with E-state index in [0.717, 1.165) is 0 Å². The fourth-order valence-electron chi connectivity index (χ4n) is 1.36. The number of carbonyl (C=O) groups is 1. The molecule has 0 unspecified atom stereocenters. The Hall–Kier alpha value is -1.69. The average molecular weight is 227 g/mol. The molecule has 7 heteroatoms. The van der Waals surface area contributed by atoms with Crippen molar-refractivity contribution in [2.45, 2.75) is 6.92 Å². The Morgan fingerprint density at radius 2 is 2.07 bits per heavy atom. The lowest BCUT2D eigenvalue weighted by molar-refractivity contribution is 0.0680. The number of carboxylic acid groups (broad SMARTS) is 1. The molecule has 0 radical (unpaired) electrons. The number of nitrogens with zero attached hydrogens (tertiary/aromatic N) is 4. The van der Waals surface area contributed by atoms with Gasteiger partial charge in [0.05, 0.1) is 5.69 Å². The fourth-order valence-corrected chi connectivity index (χ4v) is 1.56. The maximum Gasteiger partial charge on any atom is 0.372 e. The third kappa shape index (κ3) is 1.42. The number of carboxylic acids is 1. The van der Waals surface area contributed by atoms with Crippen LogP contribution < -0.4 is 0 Å². The number of hydrogen-bond donors (Lipinski definition) is 1. The van der Waals surface area contributed by atoms with Crippen LogP contribution in [0, 0.1) is 6.92 Å². The summed E-state index contributed by atoms with van der Waals surface area (Å²) in [6, 6.07) is 0. The van der Waals surface area contributed by atoms with Gasteiger partial charge in [-0.2, -0.15) is 4.98 Å². The van der Waals surface area contributed by atoms with Gasteiger partial charge in [0, 0.05) is 7.05 Å². The highest BCUT2D eigenvalue weighted by Gasteiger charge is 2.17. The molecule has 0 aliphatic rings. The van der Waals surface area contributed by atoms with E-state index in [-0.39, 0.29) is 11.1 Å². The highest BCUT2D eigenvalue weighted by molar-refractivity contribution is 6.28. The average Bonchev–Trinajstić information content (AvgIpc) is 2.44. The number of imidazole rings is 1. The molecule has 0 saturated carbocycles. The molecule has 0 aliphatic heterocycles. The molecule has 0 amide bonds.